The quantitative estimate of drug-likeness (QED) is 0.326. The molecular weight excluding hydrogens is 366 g/mol. The Morgan fingerprint density at radius 1 is 0.448 bits per heavy atom. The first-order valence-electron chi connectivity index (χ1n) is 9.13. The van der Waals surface area contributed by atoms with Crippen molar-refractivity contribution in [1.82, 2.24) is 4.98 Å². The van der Waals surface area contributed by atoms with Gasteiger partial charge in [-0.05, 0) is 6.07 Å². The highest BCUT2D eigenvalue weighted by molar-refractivity contribution is 6.27. The van der Waals surface area contributed by atoms with Gasteiger partial charge < -0.3 is 4.98 Å². The van der Waals surface area contributed by atoms with E-state index < -0.39 is 10.9 Å². The van der Waals surface area contributed by atoms with Crippen LogP contribution in [0.3, 0.4) is 0 Å². The van der Waals surface area contributed by atoms with Gasteiger partial charge in [0.05, 0.1) is 10.9 Å². The molecule has 5 nitrogen and oxygen atoms in total. The van der Waals surface area contributed by atoms with Gasteiger partial charge in [0.1, 0.15) is 0 Å². The van der Waals surface area contributed by atoms with E-state index in [0.29, 0.717) is 21.7 Å². The number of aromatic amines is 1. The van der Waals surface area contributed by atoms with E-state index in [9.17, 15) is 19.2 Å². The van der Waals surface area contributed by atoms with E-state index >= 15 is 0 Å². The van der Waals surface area contributed by atoms with Crippen LogP contribution in [-0.4, -0.2) is 4.98 Å². The molecule has 0 saturated carbocycles. The fourth-order valence-electron chi connectivity index (χ4n) is 4.51. The minimum Gasteiger partial charge on any atom is -0.361 e. The fourth-order valence-corrected chi connectivity index (χ4v) is 4.51. The Hall–Kier alpha value is -4.12. The number of H-pyrrole nitrogens is 1. The SMILES string of the molecule is O=c1c2ccccc2c(=O)c2c1c1cc[nH]c1c1c(=O)c3ccccc3c(=O)c12. The third-order valence-corrected chi connectivity index (χ3v) is 5.76. The van der Waals surface area contributed by atoms with Gasteiger partial charge in [0.15, 0.2) is 21.7 Å². The van der Waals surface area contributed by atoms with E-state index in [1.165, 1.54) is 0 Å². The van der Waals surface area contributed by atoms with E-state index in [0.717, 1.165) is 0 Å². The Balaban J connectivity index is 2.17. The molecule has 1 N–H and O–H groups in total. The molecule has 6 rings (SSSR count). The van der Waals surface area contributed by atoms with Crippen molar-refractivity contribution in [2.75, 3.05) is 0 Å². The third kappa shape index (κ3) is 1.79. The molecule has 0 spiro atoms. The van der Waals surface area contributed by atoms with Crippen molar-refractivity contribution in [3.05, 3.63) is 102 Å². The van der Waals surface area contributed by atoms with E-state index in [-0.39, 0.29) is 43.2 Å². The van der Waals surface area contributed by atoms with Gasteiger partial charge in [0.2, 0.25) is 0 Å². The number of aromatic nitrogens is 1. The second kappa shape index (κ2) is 5.23. The minimum absolute atomic E-state index is 0.0199. The van der Waals surface area contributed by atoms with Gasteiger partial charge in [-0.2, -0.15) is 0 Å². The molecule has 0 aliphatic carbocycles. The first-order valence-corrected chi connectivity index (χ1v) is 9.13. The zero-order valence-corrected chi connectivity index (χ0v) is 14.9. The van der Waals surface area contributed by atoms with Gasteiger partial charge in [-0.15, -0.1) is 0 Å². The summed E-state index contributed by atoms with van der Waals surface area (Å²) in [4.78, 5) is 56.5. The molecule has 6 aromatic rings. The molecule has 0 unspecified atom stereocenters. The maximum absolute atomic E-state index is 13.4. The number of hydrogen-bond donors (Lipinski definition) is 1. The molecule has 29 heavy (non-hydrogen) atoms. The first-order chi connectivity index (χ1) is 14.1. The van der Waals surface area contributed by atoms with Gasteiger partial charge in [-0.3, -0.25) is 19.2 Å². The molecule has 136 valence electrons. The van der Waals surface area contributed by atoms with Crippen molar-refractivity contribution in [1.29, 1.82) is 0 Å². The summed E-state index contributed by atoms with van der Waals surface area (Å²) in [6.45, 7) is 0. The molecular formula is C24H11NO4. The van der Waals surface area contributed by atoms with Crippen molar-refractivity contribution in [3.8, 4) is 0 Å². The molecule has 0 atom stereocenters. The van der Waals surface area contributed by atoms with Crippen LogP contribution in [0.2, 0.25) is 0 Å². The Morgan fingerprint density at radius 3 is 1.38 bits per heavy atom. The van der Waals surface area contributed by atoms with E-state index in [2.05, 4.69) is 4.98 Å². The first kappa shape index (κ1) is 15.9. The predicted molar refractivity (Wildman–Crippen MR) is 116 cm³/mol. The Bertz CT molecular complexity index is 1750. The Labute approximate surface area is 161 Å². The predicted octanol–water partition coefficient (Wildman–Crippen LogP) is 3.10. The average Bonchev–Trinajstić information content (AvgIpc) is 3.24. The average molecular weight is 377 g/mol. The lowest BCUT2D eigenvalue weighted by Gasteiger charge is -2.08. The third-order valence-electron chi connectivity index (χ3n) is 5.76. The molecule has 0 saturated heterocycles. The van der Waals surface area contributed by atoms with Gasteiger partial charge in [0, 0.05) is 49.3 Å². The molecule has 0 fully saturated rings. The Kier molecular flexibility index (Phi) is 2.87. The molecule has 1 heterocycles. The van der Waals surface area contributed by atoms with Crippen LogP contribution in [0.15, 0.2) is 80.0 Å². The van der Waals surface area contributed by atoms with E-state index in [1.54, 1.807) is 60.8 Å². The molecule has 0 amide bonds. The highest BCUT2D eigenvalue weighted by Crippen LogP contribution is 2.30. The zero-order chi connectivity index (χ0) is 19.9. The Morgan fingerprint density at radius 2 is 0.862 bits per heavy atom. The fraction of sp³-hybridized carbons (Fsp3) is 0. The van der Waals surface area contributed by atoms with Crippen LogP contribution in [0.5, 0.6) is 0 Å². The number of nitrogens with one attached hydrogen (secondary N) is 1. The molecule has 0 bridgehead atoms. The minimum atomic E-state index is -0.413. The van der Waals surface area contributed by atoms with Crippen LogP contribution in [0, 0.1) is 0 Å². The topological polar surface area (TPSA) is 84.1 Å². The summed E-state index contributed by atoms with van der Waals surface area (Å²) < 4.78 is 0. The van der Waals surface area contributed by atoms with Crippen LogP contribution < -0.4 is 21.7 Å². The van der Waals surface area contributed by atoms with Crippen molar-refractivity contribution in [2.24, 2.45) is 0 Å². The van der Waals surface area contributed by atoms with Crippen molar-refractivity contribution in [3.63, 3.8) is 0 Å². The summed E-state index contributed by atoms with van der Waals surface area (Å²) in [6.07, 6.45) is 1.61. The summed E-state index contributed by atoms with van der Waals surface area (Å²) in [6, 6.07) is 14.8. The molecule has 0 aliphatic heterocycles. The van der Waals surface area contributed by atoms with Gasteiger partial charge in [-0.1, -0.05) is 48.5 Å². The lowest BCUT2D eigenvalue weighted by molar-refractivity contribution is 1.49. The van der Waals surface area contributed by atoms with E-state index in [4.69, 9.17) is 0 Å². The van der Waals surface area contributed by atoms with Gasteiger partial charge in [-0.25, -0.2) is 0 Å². The number of rotatable bonds is 0. The lowest BCUT2D eigenvalue weighted by atomic mass is 9.92. The molecule has 5 aromatic carbocycles. The number of hydrogen-bond acceptors (Lipinski definition) is 4. The standard InChI is InChI=1S/C24H11NO4/c26-21-11-5-1-2-6-12(11)22(27)17-16(21)15-9-10-25-20(15)19-18(17)23(28)13-7-3-4-8-14(13)24(19)29/h1-10,25H. The normalized spacial score (nSPS) is 12.0. The van der Waals surface area contributed by atoms with Crippen LogP contribution >= 0.6 is 0 Å². The summed E-state index contributed by atoms with van der Waals surface area (Å²) in [5, 5.41) is 1.98. The van der Waals surface area contributed by atoms with Gasteiger partial charge in [0.25, 0.3) is 0 Å². The van der Waals surface area contributed by atoms with Crippen LogP contribution in [0.25, 0.3) is 54.0 Å². The summed E-state index contributed by atoms with van der Waals surface area (Å²) in [5.41, 5.74) is -1.06. The largest absolute Gasteiger partial charge is 0.361 e. The smallest absolute Gasteiger partial charge is 0.196 e. The van der Waals surface area contributed by atoms with Crippen LogP contribution in [-0.2, 0) is 0 Å². The summed E-state index contributed by atoms with van der Waals surface area (Å²) in [7, 11) is 0. The monoisotopic (exact) mass is 377 g/mol. The van der Waals surface area contributed by atoms with Crippen LogP contribution in [0.1, 0.15) is 0 Å². The van der Waals surface area contributed by atoms with Crippen molar-refractivity contribution < 1.29 is 0 Å². The second-order valence-electron chi connectivity index (χ2n) is 7.17. The van der Waals surface area contributed by atoms with Crippen molar-refractivity contribution >= 4 is 54.0 Å². The maximum Gasteiger partial charge on any atom is 0.196 e. The van der Waals surface area contributed by atoms with E-state index in [1.807, 2.05) is 0 Å². The summed E-state index contributed by atoms with van der Waals surface area (Å²) >= 11 is 0. The highest BCUT2D eigenvalue weighted by Gasteiger charge is 2.22. The molecule has 0 radical (unpaired) electrons. The van der Waals surface area contributed by atoms with Crippen LogP contribution in [0.4, 0.5) is 0 Å². The lowest BCUT2D eigenvalue weighted by Crippen LogP contribution is -2.19. The number of benzene rings is 5. The zero-order valence-electron chi connectivity index (χ0n) is 14.9. The molecule has 1 aromatic heterocycles. The molecule has 5 heteroatoms. The summed E-state index contributed by atoms with van der Waals surface area (Å²) in [5.74, 6) is 0. The maximum atomic E-state index is 13.4. The number of fused-ring (bicyclic) bond motifs is 8. The molecule has 0 aliphatic rings. The van der Waals surface area contributed by atoms with Gasteiger partial charge >= 0.3 is 0 Å². The highest BCUT2D eigenvalue weighted by atomic mass is 16.1. The van der Waals surface area contributed by atoms with Crippen molar-refractivity contribution in [2.45, 2.75) is 0 Å². The second-order valence-corrected chi connectivity index (χ2v) is 7.17.